The Morgan fingerprint density at radius 2 is 2.06 bits per heavy atom. The van der Waals surface area contributed by atoms with Crippen molar-refractivity contribution in [2.45, 2.75) is 51.2 Å². The zero-order valence-electron chi connectivity index (χ0n) is 22.2. The van der Waals surface area contributed by atoms with Gasteiger partial charge in [-0.25, -0.2) is 9.78 Å². The van der Waals surface area contributed by atoms with Crippen LogP contribution in [0, 0.1) is 5.92 Å². The molecule has 2 heterocycles. The van der Waals surface area contributed by atoms with E-state index in [1.165, 1.54) is 21.1 Å². The van der Waals surface area contributed by atoms with Crippen LogP contribution in [0.2, 0.25) is 0 Å². The van der Waals surface area contributed by atoms with Gasteiger partial charge in [0.2, 0.25) is 11.7 Å². The Balaban J connectivity index is 1.67. The Bertz CT molecular complexity index is 999. The van der Waals surface area contributed by atoms with Crippen molar-refractivity contribution in [2.75, 3.05) is 40.8 Å². The quantitative estimate of drug-likeness (QED) is 0.321. The van der Waals surface area contributed by atoms with E-state index in [2.05, 4.69) is 15.6 Å². The maximum Gasteiger partial charge on any atom is 0.396 e. The van der Waals surface area contributed by atoms with Crippen molar-refractivity contribution < 1.29 is 28.0 Å². The molecule has 2 N–H and O–H groups in total. The highest BCUT2D eigenvalue weighted by molar-refractivity contribution is 7.13. The number of carbonyl (C=O) groups is 4. The summed E-state index contributed by atoms with van der Waals surface area (Å²) in [5.41, 5.74) is 0.748. The maximum atomic E-state index is 13.0. The lowest BCUT2D eigenvalue weighted by Crippen LogP contribution is -2.56. The van der Waals surface area contributed by atoms with Crippen molar-refractivity contribution in [3.8, 4) is 0 Å². The number of hydrogen-bond donors (Lipinski definition) is 2. The lowest BCUT2D eigenvalue weighted by Gasteiger charge is -2.37. The summed E-state index contributed by atoms with van der Waals surface area (Å²) < 4.78 is 27.6. The molecule has 0 aromatic carbocycles. The summed E-state index contributed by atoms with van der Waals surface area (Å²) in [4.78, 5) is 57.7. The van der Waals surface area contributed by atoms with Crippen LogP contribution in [0.1, 0.15) is 50.7 Å². The number of rotatable bonds is 7. The summed E-state index contributed by atoms with van der Waals surface area (Å²) in [6.07, 6.45) is 1.84. The molecule has 0 radical (unpaired) electrons. The molecule has 3 rings (SSSR count). The molecule has 1 aliphatic carbocycles. The first-order valence-electron chi connectivity index (χ1n) is 12.6. The monoisotopic (exact) mass is 482 g/mol. The maximum absolute atomic E-state index is 13.0. The van der Waals surface area contributed by atoms with Crippen LogP contribution in [0.4, 0.5) is 0 Å². The molecule has 0 bridgehead atoms. The number of likely N-dealkylation sites (N-methyl/N-ethyl adjacent to an activating group) is 1. The third kappa shape index (κ3) is 6.36. The molecule has 1 fully saturated rings. The van der Waals surface area contributed by atoms with Crippen LogP contribution in [-0.4, -0.2) is 91.2 Å². The molecule has 0 unspecified atom stereocenters. The van der Waals surface area contributed by atoms with Crippen molar-refractivity contribution in [3.63, 3.8) is 0 Å². The molecular weight excluding hydrogens is 446 g/mol. The second-order valence-corrected chi connectivity index (χ2v) is 9.60. The zero-order valence-corrected chi connectivity index (χ0v) is 20.0. The van der Waals surface area contributed by atoms with Gasteiger partial charge in [0, 0.05) is 60.6 Å². The predicted octanol–water partition coefficient (Wildman–Crippen LogP) is 0.208. The number of ether oxygens (including phenoxy) is 1. The highest BCUT2D eigenvalue weighted by Crippen LogP contribution is 2.27. The standard InChI is InChI=1S/C22H33N5O5S/c1-5-32-22(31)19(29)24-14-7-6-13(21(30)26(2)3)10-16(14)23-11-17(28)20-25-15-8-9-27(4)12-18(15)33-20/h13-14,16,23H,5-12H2,1-4H3,(H,24,29)/t13-,14-,16+/m0/s1/i4D3. The Kier molecular flexibility index (Phi) is 7.17. The molecule has 2 amide bonds. The Labute approximate surface area is 202 Å². The second kappa shape index (κ2) is 11.2. The molecule has 10 nitrogen and oxygen atoms in total. The molecule has 33 heavy (non-hydrogen) atoms. The van der Waals surface area contributed by atoms with E-state index in [0.29, 0.717) is 37.2 Å². The molecule has 1 aromatic heterocycles. The van der Waals surface area contributed by atoms with Gasteiger partial charge in [0.25, 0.3) is 0 Å². The number of nitrogens with one attached hydrogen (secondary N) is 2. The number of ketones is 1. The van der Waals surface area contributed by atoms with Crippen LogP contribution in [-0.2, 0) is 32.1 Å². The number of hydrogen-bond acceptors (Lipinski definition) is 9. The third-order valence-electron chi connectivity index (χ3n) is 5.91. The normalized spacial score (nSPS) is 24.6. The first-order valence-corrected chi connectivity index (χ1v) is 11.9. The molecule has 1 aromatic rings. The molecule has 1 saturated carbocycles. The van der Waals surface area contributed by atoms with E-state index in [1.54, 1.807) is 21.0 Å². The van der Waals surface area contributed by atoms with Crippen LogP contribution in [0.15, 0.2) is 0 Å². The minimum atomic E-state index is -2.20. The molecule has 3 atom stereocenters. The molecule has 11 heteroatoms. The average molecular weight is 483 g/mol. The van der Waals surface area contributed by atoms with Crippen molar-refractivity contribution in [2.24, 2.45) is 5.92 Å². The number of carbonyl (C=O) groups excluding carboxylic acids is 4. The highest BCUT2D eigenvalue weighted by atomic mass is 32.1. The molecule has 2 aliphatic rings. The van der Waals surface area contributed by atoms with Crippen LogP contribution in [0.5, 0.6) is 0 Å². The SMILES string of the molecule is [2H]C([2H])([2H])N1CCc2nc(C(=O)CN[C@@H]3C[C@@H](C(=O)N(C)C)CC[C@@H]3NC(=O)C(=O)OCC)sc2C1. The van der Waals surface area contributed by atoms with Gasteiger partial charge in [0.05, 0.1) is 18.8 Å². The van der Waals surface area contributed by atoms with Gasteiger partial charge in [0.1, 0.15) is 0 Å². The number of thiazole rings is 1. The van der Waals surface area contributed by atoms with Crippen LogP contribution in [0.25, 0.3) is 0 Å². The summed E-state index contributed by atoms with van der Waals surface area (Å²) in [6.45, 7) is -0.00912. The van der Waals surface area contributed by atoms with E-state index in [0.717, 1.165) is 10.6 Å². The van der Waals surface area contributed by atoms with E-state index in [-0.39, 0.29) is 37.3 Å². The lowest BCUT2D eigenvalue weighted by atomic mass is 9.81. The van der Waals surface area contributed by atoms with E-state index in [9.17, 15) is 19.2 Å². The van der Waals surface area contributed by atoms with E-state index in [4.69, 9.17) is 8.85 Å². The van der Waals surface area contributed by atoms with Gasteiger partial charge in [0.15, 0.2) is 5.01 Å². The fourth-order valence-corrected chi connectivity index (χ4v) is 5.26. The smallest absolute Gasteiger partial charge is 0.396 e. The summed E-state index contributed by atoms with van der Waals surface area (Å²) in [6, 6.07) is -0.881. The number of Topliss-reactive ketones (excluding diaryl/α,β-unsaturated/α-hetero) is 1. The summed E-state index contributed by atoms with van der Waals surface area (Å²) >= 11 is 1.20. The molecule has 0 spiro atoms. The first kappa shape index (κ1) is 21.2. The minimum Gasteiger partial charge on any atom is -0.459 e. The Hall–Kier alpha value is -2.37. The number of esters is 1. The second-order valence-electron chi connectivity index (χ2n) is 8.51. The predicted molar refractivity (Wildman–Crippen MR) is 123 cm³/mol. The van der Waals surface area contributed by atoms with Crippen molar-refractivity contribution >= 4 is 34.9 Å². The van der Waals surface area contributed by atoms with Gasteiger partial charge in [-0.3, -0.25) is 14.4 Å². The largest absolute Gasteiger partial charge is 0.459 e. The number of fused-ring (bicyclic) bond motifs is 1. The van der Waals surface area contributed by atoms with Gasteiger partial charge in [-0.1, -0.05) is 0 Å². The highest BCUT2D eigenvalue weighted by Gasteiger charge is 2.36. The van der Waals surface area contributed by atoms with Crippen LogP contribution in [0.3, 0.4) is 0 Å². The van der Waals surface area contributed by atoms with Gasteiger partial charge in [-0.05, 0) is 33.2 Å². The van der Waals surface area contributed by atoms with Crippen LogP contribution < -0.4 is 10.6 Å². The van der Waals surface area contributed by atoms with Gasteiger partial charge in [-0.2, -0.15) is 0 Å². The summed E-state index contributed by atoms with van der Waals surface area (Å²) in [7, 11) is 3.36. The fraction of sp³-hybridized carbons (Fsp3) is 0.682. The summed E-state index contributed by atoms with van der Waals surface area (Å²) in [5, 5.41) is 6.14. The minimum absolute atomic E-state index is 0.0327. The summed E-state index contributed by atoms with van der Waals surface area (Å²) in [5.74, 6) is -2.40. The average Bonchev–Trinajstić information content (AvgIpc) is 3.26. The molecular formula is C22H33N5O5S. The lowest BCUT2D eigenvalue weighted by molar-refractivity contribution is -0.155. The first-order chi connectivity index (χ1) is 16.9. The van der Waals surface area contributed by atoms with E-state index < -0.39 is 30.9 Å². The third-order valence-corrected chi connectivity index (χ3v) is 7.04. The van der Waals surface area contributed by atoms with E-state index >= 15 is 0 Å². The van der Waals surface area contributed by atoms with Crippen molar-refractivity contribution in [3.05, 3.63) is 15.6 Å². The number of aromatic nitrogens is 1. The molecule has 0 saturated heterocycles. The van der Waals surface area contributed by atoms with E-state index in [1.807, 2.05) is 0 Å². The number of nitrogens with zero attached hydrogens (tertiary/aromatic N) is 3. The van der Waals surface area contributed by atoms with Crippen molar-refractivity contribution in [1.29, 1.82) is 0 Å². The van der Waals surface area contributed by atoms with Gasteiger partial charge in [-0.15, -0.1) is 11.3 Å². The van der Waals surface area contributed by atoms with Crippen LogP contribution >= 0.6 is 11.3 Å². The van der Waals surface area contributed by atoms with Gasteiger partial charge < -0.3 is 25.2 Å². The zero-order chi connectivity index (χ0) is 26.6. The Morgan fingerprint density at radius 1 is 1.27 bits per heavy atom. The Morgan fingerprint density at radius 3 is 2.76 bits per heavy atom. The topological polar surface area (TPSA) is 121 Å². The fourth-order valence-electron chi connectivity index (χ4n) is 4.20. The van der Waals surface area contributed by atoms with Gasteiger partial charge >= 0.3 is 11.9 Å². The molecule has 182 valence electrons. The molecule has 1 aliphatic heterocycles. The van der Waals surface area contributed by atoms with Crippen molar-refractivity contribution in [1.82, 2.24) is 25.4 Å². The number of amides is 2.